The van der Waals surface area contributed by atoms with Crippen LogP contribution in [0.25, 0.3) is 0 Å². The molecular formula is C14H25N5O. The highest BCUT2D eigenvalue weighted by Gasteiger charge is 2.20. The molecule has 0 unspecified atom stereocenters. The lowest BCUT2D eigenvalue weighted by molar-refractivity contribution is -0.121. The summed E-state index contributed by atoms with van der Waals surface area (Å²) in [5, 5.41) is 7.00. The zero-order valence-electron chi connectivity index (χ0n) is 12.5. The van der Waals surface area contributed by atoms with Crippen LogP contribution >= 0.6 is 0 Å². The summed E-state index contributed by atoms with van der Waals surface area (Å²) in [4.78, 5) is 18.1. The summed E-state index contributed by atoms with van der Waals surface area (Å²) in [6, 6.07) is 0.410. The van der Waals surface area contributed by atoms with Gasteiger partial charge in [0.15, 0.2) is 0 Å². The monoisotopic (exact) mass is 279 g/mol. The average molecular weight is 279 g/mol. The first-order valence-corrected chi connectivity index (χ1v) is 7.48. The lowest BCUT2D eigenvalue weighted by atomic mass is 9.99. The maximum Gasteiger partial charge on any atom is 0.221 e. The van der Waals surface area contributed by atoms with Crippen molar-refractivity contribution in [1.29, 1.82) is 0 Å². The van der Waals surface area contributed by atoms with Gasteiger partial charge in [0.05, 0.1) is 6.54 Å². The number of nitrogens with one attached hydrogen (secondary N) is 1. The fraction of sp³-hybridized carbons (Fsp3) is 0.786. The summed E-state index contributed by atoms with van der Waals surface area (Å²) in [6.45, 7) is 8.10. The number of amides is 1. The van der Waals surface area contributed by atoms with Crippen molar-refractivity contribution in [3.05, 3.63) is 12.7 Å². The summed E-state index contributed by atoms with van der Waals surface area (Å²) in [7, 11) is 0. The number of carbonyl (C=O) groups excluding carboxylic acids is 1. The molecule has 1 aromatic heterocycles. The third-order valence-corrected chi connectivity index (χ3v) is 3.94. The van der Waals surface area contributed by atoms with Gasteiger partial charge in [0.2, 0.25) is 5.91 Å². The third kappa shape index (κ3) is 4.59. The zero-order chi connectivity index (χ0) is 14.4. The van der Waals surface area contributed by atoms with Crippen LogP contribution in [0.3, 0.4) is 0 Å². The summed E-state index contributed by atoms with van der Waals surface area (Å²) < 4.78 is 1.68. The Labute approximate surface area is 120 Å². The van der Waals surface area contributed by atoms with Crippen molar-refractivity contribution in [2.45, 2.75) is 45.7 Å². The van der Waals surface area contributed by atoms with Crippen molar-refractivity contribution in [1.82, 2.24) is 25.0 Å². The van der Waals surface area contributed by atoms with Gasteiger partial charge in [0, 0.05) is 25.6 Å². The van der Waals surface area contributed by atoms with E-state index in [2.05, 4.69) is 34.1 Å². The van der Waals surface area contributed by atoms with E-state index in [9.17, 15) is 4.79 Å². The van der Waals surface area contributed by atoms with Gasteiger partial charge < -0.3 is 5.32 Å². The molecule has 0 aromatic carbocycles. The Bertz CT molecular complexity index is 406. The van der Waals surface area contributed by atoms with E-state index in [1.165, 1.54) is 19.2 Å². The van der Waals surface area contributed by atoms with Gasteiger partial charge in [0.1, 0.15) is 12.7 Å². The maximum absolute atomic E-state index is 11.8. The first-order chi connectivity index (χ1) is 9.65. The molecular weight excluding hydrogens is 254 g/mol. The van der Waals surface area contributed by atoms with Crippen LogP contribution in [0.15, 0.2) is 12.7 Å². The molecule has 1 amide bonds. The standard InChI is InChI=1S/C14H25N5O/c1-12-4-3-6-18(9-12)13(2)8-16-14(20)5-7-19-11-15-10-17-19/h10-13H,3-9H2,1-2H3,(H,16,20)/t12-,13-/m0/s1. The molecule has 0 aliphatic carbocycles. The molecule has 1 fully saturated rings. The summed E-state index contributed by atoms with van der Waals surface area (Å²) in [5.74, 6) is 0.853. The Hall–Kier alpha value is -1.43. The second-order valence-corrected chi connectivity index (χ2v) is 5.80. The highest BCUT2D eigenvalue weighted by atomic mass is 16.1. The summed E-state index contributed by atoms with van der Waals surface area (Å²) in [6.07, 6.45) is 6.16. The molecule has 0 saturated carbocycles. The van der Waals surface area contributed by atoms with Crippen molar-refractivity contribution in [3.63, 3.8) is 0 Å². The topological polar surface area (TPSA) is 63.1 Å². The van der Waals surface area contributed by atoms with Crippen LogP contribution in [-0.4, -0.2) is 51.2 Å². The number of piperidine rings is 1. The van der Waals surface area contributed by atoms with E-state index in [4.69, 9.17) is 0 Å². The van der Waals surface area contributed by atoms with Gasteiger partial charge in [-0.15, -0.1) is 0 Å². The molecule has 0 radical (unpaired) electrons. The van der Waals surface area contributed by atoms with Gasteiger partial charge in [-0.25, -0.2) is 4.98 Å². The fourth-order valence-electron chi connectivity index (χ4n) is 2.67. The molecule has 0 spiro atoms. The Morgan fingerprint density at radius 2 is 2.40 bits per heavy atom. The van der Waals surface area contributed by atoms with E-state index in [-0.39, 0.29) is 5.91 Å². The molecule has 20 heavy (non-hydrogen) atoms. The fourth-order valence-corrected chi connectivity index (χ4v) is 2.67. The SMILES string of the molecule is C[C@H]1CCCN([C@@H](C)CNC(=O)CCn2cncn2)C1. The van der Waals surface area contributed by atoms with E-state index in [0.29, 0.717) is 19.0 Å². The molecule has 1 aromatic rings. The van der Waals surface area contributed by atoms with E-state index >= 15 is 0 Å². The quantitative estimate of drug-likeness (QED) is 0.840. The molecule has 112 valence electrons. The number of rotatable bonds is 6. The van der Waals surface area contributed by atoms with Crippen LogP contribution in [-0.2, 0) is 11.3 Å². The Morgan fingerprint density at radius 1 is 1.55 bits per heavy atom. The molecule has 1 aliphatic heterocycles. The molecule has 1 aliphatic rings. The van der Waals surface area contributed by atoms with Gasteiger partial charge in [-0.1, -0.05) is 6.92 Å². The maximum atomic E-state index is 11.8. The molecule has 2 heterocycles. The normalized spacial score (nSPS) is 21.6. The van der Waals surface area contributed by atoms with Crippen LogP contribution in [0.2, 0.25) is 0 Å². The predicted octanol–water partition coefficient (Wildman–Crippen LogP) is 0.905. The van der Waals surface area contributed by atoms with Crippen molar-refractivity contribution in [3.8, 4) is 0 Å². The zero-order valence-corrected chi connectivity index (χ0v) is 12.5. The number of aryl methyl sites for hydroxylation is 1. The first-order valence-electron chi connectivity index (χ1n) is 7.48. The van der Waals surface area contributed by atoms with E-state index in [0.717, 1.165) is 25.6 Å². The molecule has 2 atom stereocenters. The number of hydrogen-bond donors (Lipinski definition) is 1. The van der Waals surface area contributed by atoms with Crippen LogP contribution in [0.5, 0.6) is 0 Å². The van der Waals surface area contributed by atoms with Gasteiger partial charge in [-0.3, -0.25) is 14.4 Å². The van der Waals surface area contributed by atoms with Crippen LogP contribution in [0.1, 0.15) is 33.1 Å². The van der Waals surface area contributed by atoms with Crippen LogP contribution in [0.4, 0.5) is 0 Å². The highest BCUT2D eigenvalue weighted by Crippen LogP contribution is 2.17. The van der Waals surface area contributed by atoms with Crippen molar-refractivity contribution >= 4 is 5.91 Å². The number of hydrogen-bond acceptors (Lipinski definition) is 4. The van der Waals surface area contributed by atoms with Crippen LogP contribution < -0.4 is 5.32 Å². The van der Waals surface area contributed by atoms with Gasteiger partial charge in [0.25, 0.3) is 0 Å². The average Bonchev–Trinajstić information content (AvgIpc) is 2.95. The second kappa shape index (κ2) is 7.38. The molecule has 0 bridgehead atoms. The largest absolute Gasteiger partial charge is 0.354 e. The lowest BCUT2D eigenvalue weighted by Crippen LogP contribution is -2.46. The van der Waals surface area contributed by atoms with E-state index in [1.807, 2.05) is 0 Å². The summed E-state index contributed by atoms with van der Waals surface area (Å²) >= 11 is 0. The number of aromatic nitrogens is 3. The minimum absolute atomic E-state index is 0.0809. The number of nitrogens with zero attached hydrogens (tertiary/aromatic N) is 4. The molecule has 1 N–H and O–H groups in total. The molecule has 1 saturated heterocycles. The Balaban J connectivity index is 1.64. The predicted molar refractivity (Wildman–Crippen MR) is 77.1 cm³/mol. The Kier molecular flexibility index (Phi) is 5.52. The van der Waals surface area contributed by atoms with Gasteiger partial charge >= 0.3 is 0 Å². The highest BCUT2D eigenvalue weighted by molar-refractivity contribution is 5.75. The smallest absolute Gasteiger partial charge is 0.221 e. The van der Waals surface area contributed by atoms with Gasteiger partial charge in [-0.2, -0.15) is 5.10 Å². The second-order valence-electron chi connectivity index (χ2n) is 5.80. The molecule has 6 heteroatoms. The molecule has 6 nitrogen and oxygen atoms in total. The lowest BCUT2D eigenvalue weighted by Gasteiger charge is -2.35. The van der Waals surface area contributed by atoms with Crippen molar-refractivity contribution in [2.24, 2.45) is 5.92 Å². The first kappa shape index (κ1) is 15.0. The summed E-state index contributed by atoms with van der Waals surface area (Å²) in [5.41, 5.74) is 0. The minimum atomic E-state index is 0.0809. The Morgan fingerprint density at radius 3 is 3.10 bits per heavy atom. The van der Waals surface area contributed by atoms with E-state index in [1.54, 1.807) is 11.0 Å². The van der Waals surface area contributed by atoms with E-state index < -0.39 is 0 Å². The van der Waals surface area contributed by atoms with Crippen molar-refractivity contribution < 1.29 is 4.79 Å². The van der Waals surface area contributed by atoms with Gasteiger partial charge in [-0.05, 0) is 32.2 Å². The number of likely N-dealkylation sites (tertiary alicyclic amines) is 1. The minimum Gasteiger partial charge on any atom is -0.354 e. The van der Waals surface area contributed by atoms with Crippen molar-refractivity contribution in [2.75, 3.05) is 19.6 Å². The third-order valence-electron chi connectivity index (χ3n) is 3.94. The molecule has 2 rings (SSSR count). The number of carbonyl (C=O) groups is 1. The van der Waals surface area contributed by atoms with Crippen LogP contribution in [0, 0.1) is 5.92 Å².